The van der Waals surface area contributed by atoms with Crippen molar-refractivity contribution in [2.24, 2.45) is 7.05 Å². The first-order chi connectivity index (χ1) is 6.69. The molecule has 0 saturated carbocycles. The van der Waals surface area contributed by atoms with E-state index in [1.807, 2.05) is 0 Å². The first-order valence-corrected chi connectivity index (χ1v) is 4.53. The van der Waals surface area contributed by atoms with Crippen LogP contribution in [-0.4, -0.2) is 28.4 Å². The van der Waals surface area contributed by atoms with E-state index in [0.29, 0.717) is 11.4 Å². The second-order valence-electron chi connectivity index (χ2n) is 2.51. The lowest BCUT2D eigenvalue weighted by Crippen LogP contribution is -2.08. The Morgan fingerprint density at radius 3 is 3.07 bits per heavy atom. The molecule has 0 atom stereocenters. The van der Waals surface area contributed by atoms with E-state index in [9.17, 15) is 4.79 Å². The molecule has 0 unspecified atom stereocenters. The van der Waals surface area contributed by atoms with Crippen molar-refractivity contribution >= 4 is 18.6 Å². The summed E-state index contributed by atoms with van der Waals surface area (Å²) in [5.74, 6) is 5.76. The molecule has 1 aromatic heterocycles. The third kappa shape index (κ3) is 2.30. The van der Waals surface area contributed by atoms with Crippen LogP contribution in [0.3, 0.4) is 0 Å². The molecule has 0 amide bonds. The van der Waals surface area contributed by atoms with Gasteiger partial charge in [-0.1, -0.05) is 5.92 Å². The van der Waals surface area contributed by atoms with E-state index in [4.69, 9.17) is 0 Å². The van der Waals surface area contributed by atoms with Gasteiger partial charge in [-0.15, -0.1) is 0 Å². The molecule has 1 rings (SSSR count). The second-order valence-corrected chi connectivity index (χ2v) is 2.83. The fraction of sp³-hybridized carbons (Fsp3) is 0.333. The molecule has 0 saturated heterocycles. The molecule has 0 aromatic carbocycles. The zero-order chi connectivity index (χ0) is 10.6. The number of methoxy groups -OCH3 is 1. The number of nitrogens with zero attached hydrogens (tertiary/aromatic N) is 2. The van der Waals surface area contributed by atoms with Crippen molar-refractivity contribution in [3.05, 3.63) is 17.7 Å². The molecule has 0 fully saturated rings. The molecule has 1 aromatic rings. The Bertz CT molecular complexity index is 401. The molecule has 0 aliphatic carbocycles. The van der Waals surface area contributed by atoms with Crippen molar-refractivity contribution in [2.75, 3.05) is 12.9 Å². The summed E-state index contributed by atoms with van der Waals surface area (Å²) in [5.41, 5.74) is 0.543. The van der Waals surface area contributed by atoms with Crippen LogP contribution in [0.5, 0.6) is 0 Å². The van der Waals surface area contributed by atoms with Gasteiger partial charge in [-0.05, 0) is 5.92 Å². The van der Waals surface area contributed by atoms with Crippen LogP contribution in [-0.2, 0) is 11.8 Å². The first kappa shape index (κ1) is 10.7. The van der Waals surface area contributed by atoms with Crippen LogP contribution in [0.2, 0.25) is 0 Å². The van der Waals surface area contributed by atoms with E-state index < -0.39 is 5.97 Å². The molecule has 0 spiro atoms. The predicted molar refractivity (Wildman–Crippen MR) is 55.3 cm³/mol. The van der Waals surface area contributed by atoms with Crippen molar-refractivity contribution in [3.63, 3.8) is 0 Å². The number of carbonyl (C=O) groups is 1. The minimum Gasteiger partial charge on any atom is -0.463 e. The third-order valence-corrected chi connectivity index (χ3v) is 1.70. The number of hydrogen-bond acceptors (Lipinski definition) is 4. The minimum atomic E-state index is -0.466. The maximum atomic E-state index is 11.2. The van der Waals surface area contributed by atoms with Gasteiger partial charge in [0.2, 0.25) is 5.82 Å². The standard InChI is InChI=1S/C9H10N2O2S/c1-11-6-7(4-3-5-14)10-8(11)9(12)13-2/h6,14H,5H2,1-2H3. The van der Waals surface area contributed by atoms with Crippen LogP contribution in [0, 0.1) is 11.8 Å². The number of thiol groups is 1. The summed E-state index contributed by atoms with van der Waals surface area (Å²) in [5, 5.41) is 0. The molecule has 4 nitrogen and oxygen atoms in total. The predicted octanol–water partition coefficient (Wildman–Crippen LogP) is 0.488. The molecular formula is C9H10N2O2S. The average Bonchev–Trinajstić information content (AvgIpc) is 2.55. The molecule has 74 valence electrons. The summed E-state index contributed by atoms with van der Waals surface area (Å²) < 4.78 is 6.13. The Hall–Kier alpha value is -1.41. The van der Waals surface area contributed by atoms with Gasteiger partial charge in [-0.2, -0.15) is 12.6 Å². The van der Waals surface area contributed by atoms with Gasteiger partial charge in [0.25, 0.3) is 0 Å². The van der Waals surface area contributed by atoms with Crippen LogP contribution >= 0.6 is 12.6 Å². The smallest absolute Gasteiger partial charge is 0.374 e. The summed E-state index contributed by atoms with van der Waals surface area (Å²) >= 11 is 3.94. The molecular weight excluding hydrogens is 200 g/mol. The topological polar surface area (TPSA) is 44.1 Å². The van der Waals surface area contributed by atoms with Crippen LogP contribution < -0.4 is 0 Å². The van der Waals surface area contributed by atoms with E-state index in [-0.39, 0.29) is 5.82 Å². The highest BCUT2D eigenvalue weighted by molar-refractivity contribution is 7.80. The largest absolute Gasteiger partial charge is 0.463 e. The van der Waals surface area contributed by atoms with Crippen molar-refractivity contribution < 1.29 is 9.53 Å². The highest BCUT2D eigenvalue weighted by atomic mass is 32.1. The van der Waals surface area contributed by atoms with Gasteiger partial charge in [0.05, 0.1) is 12.9 Å². The third-order valence-electron chi connectivity index (χ3n) is 1.54. The number of rotatable bonds is 1. The summed E-state index contributed by atoms with van der Waals surface area (Å²) in [6, 6.07) is 0. The van der Waals surface area contributed by atoms with Crippen LogP contribution in [0.1, 0.15) is 16.3 Å². The normalized spacial score (nSPS) is 9.07. The maximum Gasteiger partial charge on any atom is 0.374 e. The minimum absolute atomic E-state index is 0.246. The van der Waals surface area contributed by atoms with Crippen molar-refractivity contribution in [2.45, 2.75) is 0 Å². The fourth-order valence-electron chi connectivity index (χ4n) is 0.938. The van der Waals surface area contributed by atoms with E-state index in [1.165, 1.54) is 7.11 Å². The van der Waals surface area contributed by atoms with Gasteiger partial charge in [0, 0.05) is 13.2 Å². The van der Waals surface area contributed by atoms with Gasteiger partial charge < -0.3 is 9.30 Å². The zero-order valence-electron chi connectivity index (χ0n) is 7.94. The van der Waals surface area contributed by atoms with Crippen molar-refractivity contribution in [1.82, 2.24) is 9.55 Å². The zero-order valence-corrected chi connectivity index (χ0v) is 8.84. The number of imidazole rings is 1. The molecule has 0 bridgehead atoms. The quantitative estimate of drug-likeness (QED) is 0.417. The Labute approximate surface area is 87.7 Å². The highest BCUT2D eigenvalue weighted by Crippen LogP contribution is 2.01. The molecule has 5 heteroatoms. The van der Waals surface area contributed by atoms with Crippen LogP contribution in [0.15, 0.2) is 6.20 Å². The second kappa shape index (κ2) is 4.72. The highest BCUT2D eigenvalue weighted by Gasteiger charge is 2.12. The summed E-state index contributed by atoms with van der Waals surface area (Å²) in [6.07, 6.45) is 1.67. The lowest BCUT2D eigenvalue weighted by molar-refractivity contribution is 0.0583. The molecule has 1 heterocycles. The summed E-state index contributed by atoms with van der Waals surface area (Å²) in [7, 11) is 3.03. The van der Waals surface area contributed by atoms with E-state index >= 15 is 0 Å². The van der Waals surface area contributed by atoms with Gasteiger partial charge in [0.15, 0.2) is 0 Å². The Morgan fingerprint density at radius 2 is 2.50 bits per heavy atom. The maximum absolute atomic E-state index is 11.2. The summed E-state index contributed by atoms with van der Waals surface area (Å²) in [4.78, 5) is 15.2. The van der Waals surface area contributed by atoms with Crippen LogP contribution in [0.4, 0.5) is 0 Å². The van der Waals surface area contributed by atoms with E-state index in [1.54, 1.807) is 17.8 Å². The lowest BCUT2D eigenvalue weighted by Gasteiger charge is -1.96. The van der Waals surface area contributed by atoms with Gasteiger partial charge in [-0.25, -0.2) is 9.78 Å². The lowest BCUT2D eigenvalue weighted by atomic mass is 10.5. The van der Waals surface area contributed by atoms with Crippen molar-refractivity contribution in [1.29, 1.82) is 0 Å². The van der Waals surface area contributed by atoms with E-state index in [2.05, 4.69) is 34.2 Å². The van der Waals surface area contributed by atoms with Crippen LogP contribution in [0.25, 0.3) is 0 Å². The SMILES string of the molecule is COC(=O)c1nc(C#CCS)cn1C. The Kier molecular flexibility index (Phi) is 3.60. The fourth-order valence-corrected chi connectivity index (χ4v) is 1.02. The van der Waals surface area contributed by atoms with Gasteiger partial charge >= 0.3 is 5.97 Å². The number of ether oxygens (including phenoxy) is 1. The monoisotopic (exact) mass is 210 g/mol. The summed E-state index contributed by atoms with van der Waals surface area (Å²) in [6.45, 7) is 0. The molecule has 0 N–H and O–H groups in total. The van der Waals surface area contributed by atoms with Gasteiger partial charge in [-0.3, -0.25) is 0 Å². The Balaban J connectivity index is 2.99. The number of aryl methyl sites for hydroxylation is 1. The molecule has 0 aliphatic rings. The van der Waals surface area contributed by atoms with Gasteiger partial charge in [0.1, 0.15) is 5.69 Å². The molecule has 0 radical (unpaired) electrons. The first-order valence-electron chi connectivity index (χ1n) is 3.90. The van der Waals surface area contributed by atoms with E-state index in [0.717, 1.165) is 0 Å². The number of carbonyl (C=O) groups excluding carboxylic acids is 1. The molecule has 0 aliphatic heterocycles. The average molecular weight is 210 g/mol. The number of hydrogen-bond donors (Lipinski definition) is 1. The Morgan fingerprint density at radius 1 is 1.79 bits per heavy atom. The molecule has 14 heavy (non-hydrogen) atoms. The number of esters is 1. The number of aromatic nitrogens is 2. The van der Waals surface area contributed by atoms with Crippen molar-refractivity contribution in [3.8, 4) is 11.8 Å².